The summed E-state index contributed by atoms with van der Waals surface area (Å²) in [6, 6.07) is 9.86. The summed E-state index contributed by atoms with van der Waals surface area (Å²) in [5.41, 5.74) is 1.29. The highest BCUT2D eigenvalue weighted by Crippen LogP contribution is 2.32. The maximum atomic E-state index is 13.8. The molecule has 0 fully saturated rings. The predicted molar refractivity (Wildman–Crippen MR) is 86.2 cm³/mol. The number of halogens is 1. The summed E-state index contributed by atoms with van der Waals surface area (Å²) in [6.45, 7) is 2.80. The first kappa shape index (κ1) is 16.1. The van der Waals surface area contributed by atoms with Crippen molar-refractivity contribution in [1.29, 1.82) is 0 Å². The van der Waals surface area contributed by atoms with Crippen molar-refractivity contribution in [3.8, 4) is 17.2 Å². The molecule has 0 saturated carbocycles. The Morgan fingerprint density at radius 1 is 1.21 bits per heavy atom. The molecule has 0 saturated heterocycles. The lowest BCUT2D eigenvalue weighted by Gasteiger charge is -2.08. The molecule has 0 radical (unpaired) electrons. The number of nitrogens with one attached hydrogen (secondary N) is 1. The van der Waals surface area contributed by atoms with E-state index in [4.69, 9.17) is 14.2 Å². The normalized spacial score (nSPS) is 12.1. The number of hydrogen-bond acceptors (Lipinski definition) is 4. The average molecular weight is 331 g/mol. The van der Waals surface area contributed by atoms with Crippen LogP contribution in [-0.4, -0.2) is 25.9 Å². The zero-order valence-corrected chi connectivity index (χ0v) is 13.3. The van der Waals surface area contributed by atoms with Crippen molar-refractivity contribution < 1.29 is 23.4 Å². The number of carbonyl (C=O) groups excluding carboxylic acids is 1. The van der Waals surface area contributed by atoms with Crippen LogP contribution >= 0.6 is 0 Å². The van der Waals surface area contributed by atoms with Gasteiger partial charge in [-0.2, -0.15) is 0 Å². The van der Waals surface area contributed by atoms with E-state index in [-0.39, 0.29) is 18.4 Å². The summed E-state index contributed by atoms with van der Waals surface area (Å²) in [7, 11) is 0. The van der Waals surface area contributed by atoms with E-state index in [0.29, 0.717) is 36.6 Å². The first-order valence-electron chi connectivity index (χ1n) is 7.76. The number of benzene rings is 2. The fourth-order valence-corrected chi connectivity index (χ4v) is 2.43. The Morgan fingerprint density at radius 3 is 2.83 bits per heavy atom. The highest BCUT2D eigenvalue weighted by molar-refractivity contribution is 5.94. The van der Waals surface area contributed by atoms with Gasteiger partial charge in [0.15, 0.2) is 23.1 Å². The van der Waals surface area contributed by atoms with Crippen molar-refractivity contribution in [1.82, 2.24) is 5.32 Å². The second-order valence-electron chi connectivity index (χ2n) is 5.27. The SMILES string of the molecule is CCOc1ccc(CCNC(=O)c2ccc3c(c2)OCO3)cc1F. The summed E-state index contributed by atoms with van der Waals surface area (Å²) in [6.07, 6.45) is 0.527. The van der Waals surface area contributed by atoms with Gasteiger partial charge >= 0.3 is 0 Å². The molecule has 0 spiro atoms. The zero-order valence-electron chi connectivity index (χ0n) is 13.3. The van der Waals surface area contributed by atoms with E-state index in [1.54, 1.807) is 37.3 Å². The maximum Gasteiger partial charge on any atom is 0.251 e. The van der Waals surface area contributed by atoms with Crippen molar-refractivity contribution in [2.24, 2.45) is 0 Å². The number of hydrogen-bond donors (Lipinski definition) is 1. The molecule has 0 bridgehead atoms. The van der Waals surface area contributed by atoms with E-state index in [1.165, 1.54) is 6.07 Å². The Labute approximate surface area is 139 Å². The third-order valence-electron chi connectivity index (χ3n) is 3.63. The van der Waals surface area contributed by atoms with E-state index in [1.807, 2.05) is 0 Å². The molecular formula is C18H18FNO4. The quantitative estimate of drug-likeness (QED) is 0.884. The van der Waals surface area contributed by atoms with Gasteiger partial charge in [0.2, 0.25) is 6.79 Å². The highest BCUT2D eigenvalue weighted by Gasteiger charge is 2.16. The fraction of sp³-hybridized carbons (Fsp3) is 0.278. The highest BCUT2D eigenvalue weighted by atomic mass is 19.1. The summed E-state index contributed by atoms with van der Waals surface area (Å²) < 4.78 is 29.4. The van der Waals surface area contributed by atoms with Crippen molar-refractivity contribution in [2.45, 2.75) is 13.3 Å². The molecule has 2 aromatic rings. The summed E-state index contributed by atoms with van der Waals surface area (Å²) in [4.78, 5) is 12.1. The van der Waals surface area contributed by atoms with Crippen LogP contribution < -0.4 is 19.5 Å². The van der Waals surface area contributed by atoms with Gasteiger partial charge in [0.25, 0.3) is 5.91 Å². The van der Waals surface area contributed by atoms with E-state index < -0.39 is 5.82 Å². The first-order valence-corrected chi connectivity index (χ1v) is 7.76. The van der Waals surface area contributed by atoms with Crippen LogP contribution in [0, 0.1) is 5.82 Å². The molecule has 126 valence electrons. The molecule has 0 unspecified atom stereocenters. The van der Waals surface area contributed by atoms with Gasteiger partial charge in [-0.05, 0) is 49.2 Å². The Morgan fingerprint density at radius 2 is 2.04 bits per heavy atom. The van der Waals surface area contributed by atoms with Gasteiger partial charge in [-0.15, -0.1) is 0 Å². The number of rotatable bonds is 6. The Kier molecular flexibility index (Phi) is 4.84. The van der Waals surface area contributed by atoms with Crippen LogP contribution in [0.15, 0.2) is 36.4 Å². The summed E-state index contributed by atoms with van der Waals surface area (Å²) in [5.74, 6) is 0.842. The summed E-state index contributed by atoms with van der Waals surface area (Å²) in [5, 5.41) is 2.81. The molecule has 0 aliphatic carbocycles. The van der Waals surface area contributed by atoms with Gasteiger partial charge in [-0.1, -0.05) is 6.07 Å². The topological polar surface area (TPSA) is 56.8 Å². The lowest BCUT2D eigenvalue weighted by Crippen LogP contribution is -2.25. The number of fused-ring (bicyclic) bond motifs is 1. The van der Waals surface area contributed by atoms with Crippen molar-refractivity contribution >= 4 is 5.91 Å². The van der Waals surface area contributed by atoms with Gasteiger partial charge in [-0.3, -0.25) is 4.79 Å². The van der Waals surface area contributed by atoms with Crippen molar-refractivity contribution in [3.63, 3.8) is 0 Å². The van der Waals surface area contributed by atoms with Crippen LogP contribution in [0.4, 0.5) is 4.39 Å². The number of ether oxygens (including phenoxy) is 3. The molecule has 1 aliphatic heterocycles. The van der Waals surface area contributed by atoms with Crippen LogP contribution in [-0.2, 0) is 6.42 Å². The molecule has 2 aromatic carbocycles. The molecule has 0 aromatic heterocycles. The minimum absolute atomic E-state index is 0.170. The minimum atomic E-state index is -0.392. The zero-order chi connectivity index (χ0) is 16.9. The lowest BCUT2D eigenvalue weighted by molar-refractivity contribution is 0.0953. The van der Waals surface area contributed by atoms with Gasteiger partial charge in [0, 0.05) is 12.1 Å². The van der Waals surface area contributed by atoms with Gasteiger partial charge < -0.3 is 19.5 Å². The van der Waals surface area contributed by atoms with Crippen molar-refractivity contribution in [3.05, 3.63) is 53.3 Å². The van der Waals surface area contributed by atoms with E-state index in [0.717, 1.165) is 5.56 Å². The second-order valence-corrected chi connectivity index (χ2v) is 5.27. The molecule has 1 N–H and O–H groups in total. The number of carbonyl (C=O) groups is 1. The Balaban J connectivity index is 1.54. The Hall–Kier alpha value is -2.76. The van der Waals surface area contributed by atoms with Crippen LogP contribution in [0.2, 0.25) is 0 Å². The molecule has 5 nitrogen and oxygen atoms in total. The van der Waals surface area contributed by atoms with Crippen LogP contribution in [0.1, 0.15) is 22.8 Å². The van der Waals surface area contributed by atoms with Gasteiger partial charge in [0.1, 0.15) is 0 Å². The van der Waals surface area contributed by atoms with Gasteiger partial charge in [0.05, 0.1) is 6.61 Å². The third kappa shape index (κ3) is 3.59. The molecule has 6 heteroatoms. The maximum absolute atomic E-state index is 13.8. The second kappa shape index (κ2) is 7.21. The molecule has 1 heterocycles. The first-order chi connectivity index (χ1) is 11.7. The largest absolute Gasteiger partial charge is 0.491 e. The predicted octanol–water partition coefficient (Wildman–Crippen LogP) is 2.93. The van der Waals surface area contributed by atoms with Crippen LogP contribution in [0.5, 0.6) is 17.2 Å². The number of amides is 1. The average Bonchev–Trinajstić information content (AvgIpc) is 3.05. The van der Waals surface area contributed by atoms with Gasteiger partial charge in [-0.25, -0.2) is 4.39 Å². The fourth-order valence-electron chi connectivity index (χ4n) is 2.43. The van der Waals surface area contributed by atoms with Crippen LogP contribution in [0.25, 0.3) is 0 Å². The molecule has 24 heavy (non-hydrogen) atoms. The van der Waals surface area contributed by atoms with E-state index in [9.17, 15) is 9.18 Å². The van der Waals surface area contributed by atoms with Crippen LogP contribution in [0.3, 0.4) is 0 Å². The van der Waals surface area contributed by atoms with E-state index >= 15 is 0 Å². The molecule has 1 aliphatic rings. The van der Waals surface area contributed by atoms with E-state index in [2.05, 4.69) is 5.32 Å². The Bertz CT molecular complexity index is 748. The van der Waals surface area contributed by atoms with Crippen molar-refractivity contribution in [2.75, 3.05) is 19.9 Å². The molecule has 0 atom stereocenters. The molecule has 1 amide bonds. The monoisotopic (exact) mass is 331 g/mol. The standard InChI is InChI=1S/C18H18FNO4/c1-2-22-15-5-3-12(9-14(15)19)7-8-20-18(21)13-4-6-16-17(10-13)24-11-23-16/h3-6,9-10H,2,7-8,11H2,1H3,(H,20,21). The lowest BCUT2D eigenvalue weighted by atomic mass is 10.1. The molecular weight excluding hydrogens is 313 g/mol. The smallest absolute Gasteiger partial charge is 0.251 e. The molecule has 3 rings (SSSR count). The third-order valence-corrected chi connectivity index (χ3v) is 3.63. The minimum Gasteiger partial charge on any atom is -0.491 e. The summed E-state index contributed by atoms with van der Waals surface area (Å²) >= 11 is 0.